The van der Waals surface area contributed by atoms with E-state index >= 15 is 0 Å². The van der Waals surface area contributed by atoms with Crippen LogP contribution in [0.4, 0.5) is 0 Å². The van der Waals surface area contributed by atoms with Crippen molar-refractivity contribution in [2.24, 2.45) is 17.6 Å². The number of rotatable bonds is 10. The lowest BCUT2D eigenvalue weighted by molar-refractivity contribution is -0.119. The Kier molecular flexibility index (Phi) is 7.60. The second-order valence-electron chi connectivity index (χ2n) is 6.91. The summed E-state index contributed by atoms with van der Waals surface area (Å²) in [4.78, 5) is 11.4. The first-order valence-electron chi connectivity index (χ1n) is 8.47. The summed E-state index contributed by atoms with van der Waals surface area (Å²) >= 11 is 0. The fraction of sp³-hybridized carbons (Fsp3) is 0.632. The molecule has 0 spiro atoms. The van der Waals surface area contributed by atoms with E-state index in [-0.39, 0.29) is 17.4 Å². The zero-order chi connectivity index (χ0) is 16.6. The third-order valence-electron chi connectivity index (χ3n) is 4.37. The van der Waals surface area contributed by atoms with Crippen molar-refractivity contribution in [2.75, 3.05) is 6.54 Å². The fourth-order valence-electron chi connectivity index (χ4n) is 3.14. The van der Waals surface area contributed by atoms with Gasteiger partial charge in [0.25, 0.3) is 0 Å². The van der Waals surface area contributed by atoms with Gasteiger partial charge in [-0.25, -0.2) is 0 Å². The molecule has 0 heterocycles. The first-order valence-corrected chi connectivity index (χ1v) is 8.47. The highest BCUT2D eigenvalue weighted by Crippen LogP contribution is 2.30. The Morgan fingerprint density at radius 2 is 1.86 bits per heavy atom. The lowest BCUT2D eigenvalue weighted by Crippen LogP contribution is -2.54. The molecule has 1 amide bonds. The molecule has 3 N–H and O–H groups in total. The molecule has 0 bridgehead atoms. The topological polar surface area (TPSA) is 55.1 Å². The summed E-state index contributed by atoms with van der Waals surface area (Å²) in [7, 11) is 0. The van der Waals surface area contributed by atoms with Crippen LogP contribution in [0.2, 0.25) is 0 Å². The number of hydrogen-bond donors (Lipinski definition) is 2. The van der Waals surface area contributed by atoms with E-state index in [0.29, 0.717) is 12.3 Å². The Morgan fingerprint density at radius 1 is 1.23 bits per heavy atom. The largest absolute Gasteiger partial charge is 0.370 e. The molecule has 1 aromatic rings. The quantitative estimate of drug-likeness (QED) is 0.695. The van der Waals surface area contributed by atoms with Crippen LogP contribution in [0.3, 0.4) is 0 Å². The van der Waals surface area contributed by atoms with Gasteiger partial charge in [0.15, 0.2) is 0 Å². The summed E-state index contributed by atoms with van der Waals surface area (Å²) in [6.45, 7) is 9.73. The van der Waals surface area contributed by atoms with Gasteiger partial charge in [-0.15, -0.1) is 0 Å². The summed E-state index contributed by atoms with van der Waals surface area (Å²) < 4.78 is 0. The summed E-state index contributed by atoms with van der Waals surface area (Å²) in [6.07, 6.45) is 3.49. The fourth-order valence-corrected chi connectivity index (χ4v) is 3.14. The van der Waals surface area contributed by atoms with Crippen LogP contribution in [-0.2, 0) is 11.2 Å². The Morgan fingerprint density at radius 3 is 2.36 bits per heavy atom. The molecule has 0 radical (unpaired) electrons. The van der Waals surface area contributed by atoms with Crippen molar-refractivity contribution < 1.29 is 4.79 Å². The van der Waals surface area contributed by atoms with Crippen molar-refractivity contribution in [3.05, 3.63) is 35.9 Å². The van der Waals surface area contributed by atoms with E-state index in [9.17, 15) is 4.79 Å². The summed E-state index contributed by atoms with van der Waals surface area (Å²) in [5.41, 5.74) is 6.70. The molecule has 0 aliphatic carbocycles. The standard InChI is InChI=1S/C19H32N2O/c1-5-11-19(21-14-15(2)3,16(4)12-18(20)22)13-17-9-7-6-8-10-17/h6-10,15-16,21H,5,11-14H2,1-4H3,(H2,20,22). The summed E-state index contributed by atoms with van der Waals surface area (Å²) in [6, 6.07) is 10.5. The number of primary amides is 1. The average Bonchev–Trinajstić information content (AvgIpc) is 2.45. The van der Waals surface area contributed by atoms with Gasteiger partial charge < -0.3 is 11.1 Å². The highest BCUT2D eigenvalue weighted by molar-refractivity contribution is 5.74. The molecule has 3 heteroatoms. The summed E-state index contributed by atoms with van der Waals surface area (Å²) in [5, 5.41) is 3.78. The number of benzene rings is 1. The molecule has 2 atom stereocenters. The van der Waals surface area contributed by atoms with Gasteiger partial charge >= 0.3 is 0 Å². The van der Waals surface area contributed by atoms with Crippen molar-refractivity contribution in [1.29, 1.82) is 0 Å². The lowest BCUT2D eigenvalue weighted by Gasteiger charge is -2.41. The van der Waals surface area contributed by atoms with Crippen molar-refractivity contribution in [3.63, 3.8) is 0 Å². The monoisotopic (exact) mass is 304 g/mol. The van der Waals surface area contributed by atoms with Crippen LogP contribution in [-0.4, -0.2) is 18.0 Å². The normalized spacial score (nSPS) is 15.5. The second-order valence-corrected chi connectivity index (χ2v) is 6.91. The average molecular weight is 304 g/mol. The Balaban J connectivity index is 3.03. The molecule has 0 aromatic heterocycles. The molecule has 0 aliphatic heterocycles. The zero-order valence-electron chi connectivity index (χ0n) is 14.6. The van der Waals surface area contributed by atoms with Gasteiger partial charge in [0, 0.05) is 12.0 Å². The van der Waals surface area contributed by atoms with Crippen molar-refractivity contribution in [1.82, 2.24) is 5.32 Å². The molecule has 22 heavy (non-hydrogen) atoms. The van der Waals surface area contributed by atoms with Crippen LogP contribution >= 0.6 is 0 Å². The molecule has 1 aromatic carbocycles. The smallest absolute Gasteiger partial charge is 0.217 e. The molecule has 0 saturated heterocycles. The SMILES string of the molecule is CCCC(Cc1ccccc1)(NCC(C)C)C(C)CC(N)=O. The molecule has 1 rings (SSSR count). The van der Waals surface area contributed by atoms with Crippen LogP contribution in [0.1, 0.15) is 52.5 Å². The molecule has 3 nitrogen and oxygen atoms in total. The Hall–Kier alpha value is -1.35. The maximum absolute atomic E-state index is 11.4. The second kappa shape index (κ2) is 8.94. The van der Waals surface area contributed by atoms with E-state index in [4.69, 9.17) is 5.73 Å². The summed E-state index contributed by atoms with van der Waals surface area (Å²) in [5.74, 6) is 0.573. The van der Waals surface area contributed by atoms with Crippen LogP contribution < -0.4 is 11.1 Å². The van der Waals surface area contributed by atoms with Gasteiger partial charge in [0.1, 0.15) is 0 Å². The zero-order valence-corrected chi connectivity index (χ0v) is 14.6. The van der Waals surface area contributed by atoms with Crippen LogP contribution in [0.15, 0.2) is 30.3 Å². The third-order valence-corrected chi connectivity index (χ3v) is 4.37. The minimum absolute atomic E-state index is 0.0740. The number of nitrogens with two attached hydrogens (primary N) is 1. The maximum atomic E-state index is 11.4. The molecular formula is C19H32N2O. The van der Waals surface area contributed by atoms with E-state index in [1.165, 1.54) is 5.56 Å². The molecular weight excluding hydrogens is 272 g/mol. The Labute approximate surface area is 135 Å². The van der Waals surface area contributed by atoms with Gasteiger partial charge in [-0.3, -0.25) is 4.79 Å². The predicted molar refractivity (Wildman–Crippen MR) is 93.6 cm³/mol. The highest BCUT2D eigenvalue weighted by Gasteiger charge is 2.35. The first-order chi connectivity index (χ1) is 10.4. The van der Waals surface area contributed by atoms with Gasteiger partial charge in [-0.05, 0) is 36.8 Å². The van der Waals surface area contributed by atoms with Crippen LogP contribution in [0.25, 0.3) is 0 Å². The van der Waals surface area contributed by atoms with Crippen LogP contribution in [0, 0.1) is 11.8 Å². The number of nitrogens with one attached hydrogen (secondary N) is 1. The van der Waals surface area contributed by atoms with E-state index in [1.54, 1.807) is 0 Å². The minimum atomic E-state index is -0.215. The molecule has 0 aliphatic rings. The van der Waals surface area contributed by atoms with Crippen molar-refractivity contribution in [2.45, 2.75) is 58.9 Å². The van der Waals surface area contributed by atoms with E-state index in [2.05, 4.69) is 57.3 Å². The van der Waals surface area contributed by atoms with Gasteiger partial charge in [0.05, 0.1) is 0 Å². The number of hydrogen-bond acceptors (Lipinski definition) is 2. The number of amides is 1. The first kappa shape index (κ1) is 18.7. The van der Waals surface area contributed by atoms with Gasteiger partial charge in [0.2, 0.25) is 5.91 Å². The van der Waals surface area contributed by atoms with Crippen LogP contribution in [0.5, 0.6) is 0 Å². The number of carbonyl (C=O) groups excluding carboxylic acids is 1. The highest BCUT2D eigenvalue weighted by atomic mass is 16.1. The maximum Gasteiger partial charge on any atom is 0.217 e. The lowest BCUT2D eigenvalue weighted by atomic mass is 9.74. The van der Waals surface area contributed by atoms with E-state index in [1.807, 2.05) is 6.07 Å². The third kappa shape index (κ3) is 5.80. The minimum Gasteiger partial charge on any atom is -0.370 e. The van der Waals surface area contributed by atoms with Crippen molar-refractivity contribution >= 4 is 5.91 Å². The molecule has 0 saturated carbocycles. The predicted octanol–water partition coefficient (Wildman–Crippen LogP) is 3.53. The van der Waals surface area contributed by atoms with Gasteiger partial charge in [-0.1, -0.05) is 64.4 Å². The molecule has 2 unspecified atom stereocenters. The van der Waals surface area contributed by atoms with E-state index < -0.39 is 0 Å². The number of carbonyl (C=O) groups is 1. The Bertz CT molecular complexity index is 444. The molecule has 124 valence electrons. The van der Waals surface area contributed by atoms with Gasteiger partial charge in [-0.2, -0.15) is 0 Å². The van der Waals surface area contributed by atoms with E-state index in [0.717, 1.165) is 25.8 Å². The molecule has 0 fully saturated rings. The van der Waals surface area contributed by atoms with Crippen molar-refractivity contribution in [3.8, 4) is 0 Å².